The normalized spacial score (nSPS) is 27.7. The van der Waals surface area contributed by atoms with Gasteiger partial charge < -0.3 is 10.4 Å². The number of benzene rings is 1. The van der Waals surface area contributed by atoms with Crippen molar-refractivity contribution in [3.63, 3.8) is 0 Å². The van der Waals surface area contributed by atoms with E-state index in [0.717, 1.165) is 24.9 Å². The van der Waals surface area contributed by atoms with Crippen LogP contribution in [0.25, 0.3) is 0 Å². The molecule has 2 fully saturated rings. The summed E-state index contributed by atoms with van der Waals surface area (Å²) in [5.41, 5.74) is 1.97. The van der Waals surface area contributed by atoms with Crippen LogP contribution in [0.2, 0.25) is 0 Å². The molecular weight excluding hydrogens is 198 g/mol. The molecule has 16 heavy (non-hydrogen) atoms. The van der Waals surface area contributed by atoms with Crippen LogP contribution in [0.4, 0.5) is 0 Å². The van der Waals surface area contributed by atoms with Gasteiger partial charge in [-0.05, 0) is 43.4 Å². The molecule has 1 atom stereocenters. The lowest BCUT2D eigenvalue weighted by Crippen LogP contribution is -2.26. The molecule has 3 rings (SSSR count). The Hall–Kier alpha value is -0.860. The van der Waals surface area contributed by atoms with Crippen molar-refractivity contribution >= 4 is 0 Å². The van der Waals surface area contributed by atoms with E-state index in [9.17, 15) is 5.11 Å². The summed E-state index contributed by atoms with van der Waals surface area (Å²) >= 11 is 0. The molecule has 2 aliphatic rings. The van der Waals surface area contributed by atoms with E-state index in [4.69, 9.17) is 0 Å². The zero-order valence-corrected chi connectivity index (χ0v) is 9.58. The highest BCUT2D eigenvalue weighted by atomic mass is 16.3. The molecule has 0 amide bonds. The van der Waals surface area contributed by atoms with Crippen molar-refractivity contribution in [1.82, 2.24) is 5.32 Å². The number of aliphatic hydroxyl groups is 1. The molecule has 0 aromatic heterocycles. The smallest absolute Gasteiger partial charge is 0.0899 e. The maximum atomic E-state index is 9.99. The van der Waals surface area contributed by atoms with Gasteiger partial charge in [-0.3, -0.25) is 0 Å². The van der Waals surface area contributed by atoms with E-state index >= 15 is 0 Å². The first-order valence-electron chi connectivity index (χ1n) is 6.34. The van der Waals surface area contributed by atoms with Crippen LogP contribution < -0.4 is 5.32 Å². The van der Waals surface area contributed by atoms with Crippen LogP contribution in [0.1, 0.15) is 49.3 Å². The van der Waals surface area contributed by atoms with Crippen LogP contribution in [0.3, 0.4) is 0 Å². The van der Waals surface area contributed by atoms with Crippen molar-refractivity contribution in [2.45, 2.75) is 43.7 Å². The Bertz CT molecular complexity index is 361. The quantitative estimate of drug-likeness (QED) is 0.797. The van der Waals surface area contributed by atoms with E-state index in [1.165, 1.54) is 24.8 Å². The van der Waals surface area contributed by atoms with Gasteiger partial charge in [0.1, 0.15) is 0 Å². The largest absolute Gasteiger partial charge is 0.385 e. The Balaban J connectivity index is 1.76. The minimum absolute atomic E-state index is 0.488. The monoisotopic (exact) mass is 217 g/mol. The average molecular weight is 217 g/mol. The van der Waals surface area contributed by atoms with Crippen LogP contribution in [-0.4, -0.2) is 11.7 Å². The number of hydrogen-bond donors (Lipinski definition) is 2. The molecule has 2 nitrogen and oxygen atoms in total. The third-order valence-corrected chi connectivity index (χ3v) is 3.88. The van der Waals surface area contributed by atoms with E-state index in [1.54, 1.807) is 0 Å². The van der Waals surface area contributed by atoms with Gasteiger partial charge in [0.15, 0.2) is 0 Å². The van der Waals surface area contributed by atoms with Crippen molar-refractivity contribution in [2.75, 3.05) is 6.54 Å². The van der Waals surface area contributed by atoms with Gasteiger partial charge in [0.25, 0.3) is 0 Å². The van der Waals surface area contributed by atoms with E-state index in [-0.39, 0.29) is 0 Å². The standard InChI is InChI=1S/C14H19NO/c16-14(8-9-14)12-6-4-11(5-7-12)13-3-1-2-10-15-13/h4-7,13,15-16H,1-3,8-10H2. The van der Waals surface area contributed by atoms with Gasteiger partial charge in [-0.25, -0.2) is 0 Å². The molecule has 0 bridgehead atoms. The average Bonchev–Trinajstić information content (AvgIpc) is 3.10. The second-order valence-electron chi connectivity index (χ2n) is 5.16. The molecule has 2 N–H and O–H groups in total. The summed E-state index contributed by atoms with van der Waals surface area (Å²) in [6, 6.07) is 9.07. The number of rotatable bonds is 2. The minimum atomic E-state index is -0.488. The number of nitrogens with one attached hydrogen (secondary N) is 1. The van der Waals surface area contributed by atoms with Gasteiger partial charge in [0.2, 0.25) is 0 Å². The van der Waals surface area contributed by atoms with E-state index in [0.29, 0.717) is 6.04 Å². The molecule has 2 heteroatoms. The van der Waals surface area contributed by atoms with Gasteiger partial charge in [0, 0.05) is 6.04 Å². The first kappa shape index (κ1) is 10.3. The highest BCUT2D eigenvalue weighted by Crippen LogP contribution is 2.45. The molecule has 0 spiro atoms. The highest BCUT2D eigenvalue weighted by molar-refractivity contribution is 5.32. The zero-order chi connectivity index (χ0) is 11.0. The predicted octanol–water partition coefficient (Wildman–Crippen LogP) is 2.48. The molecule has 1 aliphatic heterocycles. The minimum Gasteiger partial charge on any atom is -0.385 e. The van der Waals surface area contributed by atoms with Crippen LogP contribution in [0.5, 0.6) is 0 Å². The third-order valence-electron chi connectivity index (χ3n) is 3.88. The van der Waals surface area contributed by atoms with Gasteiger partial charge in [-0.15, -0.1) is 0 Å². The first-order valence-corrected chi connectivity index (χ1v) is 6.34. The Morgan fingerprint density at radius 2 is 1.88 bits per heavy atom. The van der Waals surface area contributed by atoms with Gasteiger partial charge in [-0.2, -0.15) is 0 Å². The van der Waals surface area contributed by atoms with E-state index in [2.05, 4.69) is 29.6 Å². The summed E-state index contributed by atoms with van der Waals surface area (Å²) in [6.07, 6.45) is 5.71. The Morgan fingerprint density at radius 1 is 1.12 bits per heavy atom. The summed E-state index contributed by atoms with van der Waals surface area (Å²) in [5.74, 6) is 0. The van der Waals surface area contributed by atoms with Gasteiger partial charge in [0.05, 0.1) is 5.60 Å². The second-order valence-corrected chi connectivity index (χ2v) is 5.16. The van der Waals surface area contributed by atoms with Crippen molar-refractivity contribution < 1.29 is 5.11 Å². The number of hydrogen-bond acceptors (Lipinski definition) is 2. The van der Waals surface area contributed by atoms with Gasteiger partial charge >= 0.3 is 0 Å². The Labute approximate surface area is 96.7 Å². The van der Waals surface area contributed by atoms with Crippen LogP contribution in [0.15, 0.2) is 24.3 Å². The molecular formula is C14H19NO. The lowest BCUT2D eigenvalue weighted by molar-refractivity contribution is 0.151. The Kier molecular flexibility index (Phi) is 2.49. The topological polar surface area (TPSA) is 32.3 Å². The van der Waals surface area contributed by atoms with Crippen LogP contribution in [-0.2, 0) is 5.60 Å². The van der Waals surface area contributed by atoms with E-state index in [1.807, 2.05) is 0 Å². The maximum absolute atomic E-state index is 9.99. The molecule has 1 saturated heterocycles. The fourth-order valence-electron chi connectivity index (χ4n) is 2.57. The molecule has 1 aromatic carbocycles. The van der Waals surface area contributed by atoms with Crippen LogP contribution >= 0.6 is 0 Å². The van der Waals surface area contributed by atoms with Crippen molar-refractivity contribution in [3.05, 3.63) is 35.4 Å². The zero-order valence-electron chi connectivity index (χ0n) is 9.58. The van der Waals surface area contributed by atoms with Crippen LogP contribution in [0, 0.1) is 0 Å². The molecule has 1 aliphatic carbocycles. The number of piperidine rings is 1. The maximum Gasteiger partial charge on any atom is 0.0899 e. The SMILES string of the molecule is OC1(c2ccc(C3CCCCN3)cc2)CC1. The molecule has 1 aromatic rings. The summed E-state index contributed by atoms with van der Waals surface area (Å²) in [6.45, 7) is 1.14. The second kappa shape index (κ2) is 3.86. The van der Waals surface area contributed by atoms with Crippen molar-refractivity contribution in [3.8, 4) is 0 Å². The summed E-state index contributed by atoms with van der Waals surface area (Å²) < 4.78 is 0. The predicted molar refractivity (Wildman–Crippen MR) is 64.2 cm³/mol. The molecule has 1 unspecified atom stereocenters. The molecule has 1 heterocycles. The fraction of sp³-hybridized carbons (Fsp3) is 0.571. The molecule has 0 radical (unpaired) electrons. The van der Waals surface area contributed by atoms with Gasteiger partial charge in [-0.1, -0.05) is 30.7 Å². The highest BCUT2D eigenvalue weighted by Gasteiger charge is 2.41. The van der Waals surface area contributed by atoms with Crippen molar-refractivity contribution in [1.29, 1.82) is 0 Å². The molecule has 86 valence electrons. The Morgan fingerprint density at radius 3 is 2.44 bits per heavy atom. The van der Waals surface area contributed by atoms with E-state index < -0.39 is 5.60 Å². The summed E-state index contributed by atoms with van der Waals surface area (Å²) in [4.78, 5) is 0. The lowest BCUT2D eigenvalue weighted by atomic mass is 9.95. The summed E-state index contributed by atoms with van der Waals surface area (Å²) in [7, 11) is 0. The third kappa shape index (κ3) is 1.87. The van der Waals surface area contributed by atoms with Crippen molar-refractivity contribution in [2.24, 2.45) is 0 Å². The molecule has 1 saturated carbocycles. The lowest BCUT2D eigenvalue weighted by Gasteiger charge is -2.24. The first-order chi connectivity index (χ1) is 7.78. The fourth-order valence-corrected chi connectivity index (χ4v) is 2.57. The summed E-state index contributed by atoms with van der Waals surface area (Å²) in [5, 5.41) is 13.5.